The average molecular weight is 354 g/mol. The molecule has 6 nitrogen and oxygen atoms in total. The minimum Gasteiger partial charge on any atom is -0.480 e. The first kappa shape index (κ1) is 17.0. The zero-order valence-electron chi connectivity index (χ0n) is 11.7. The minimum atomic E-state index is -1.09. The molecule has 1 aromatic rings. The van der Waals surface area contributed by atoms with Crippen molar-refractivity contribution in [2.45, 2.75) is 26.3 Å². The van der Waals surface area contributed by atoms with Crippen LogP contribution >= 0.6 is 15.9 Å². The summed E-state index contributed by atoms with van der Waals surface area (Å²) in [5.41, 5.74) is 0.612. The Morgan fingerprint density at radius 2 is 2.14 bits per heavy atom. The van der Waals surface area contributed by atoms with Crippen molar-refractivity contribution in [1.82, 2.24) is 5.32 Å². The summed E-state index contributed by atoms with van der Waals surface area (Å²) in [4.78, 5) is 23.0. The first-order chi connectivity index (χ1) is 9.88. The summed E-state index contributed by atoms with van der Waals surface area (Å²) in [6, 6.07) is 5.16. The van der Waals surface area contributed by atoms with Gasteiger partial charge in [-0.3, -0.25) is 0 Å². The fourth-order valence-corrected chi connectivity index (χ4v) is 2.06. The molecule has 0 radical (unpaired) electrons. The van der Waals surface area contributed by atoms with Crippen LogP contribution in [0.15, 0.2) is 22.7 Å². The van der Waals surface area contributed by atoms with E-state index in [0.717, 1.165) is 0 Å². The third-order valence-electron chi connectivity index (χ3n) is 3.12. The van der Waals surface area contributed by atoms with Crippen molar-refractivity contribution in [3.8, 4) is 6.07 Å². The molecule has 0 saturated carbocycles. The highest BCUT2D eigenvalue weighted by molar-refractivity contribution is 9.10. The molecule has 1 aromatic carbocycles. The molecule has 1 rings (SSSR count). The van der Waals surface area contributed by atoms with Crippen molar-refractivity contribution < 1.29 is 14.7 Å². The van der Waals surface area contributed by atoms with Gasteiger partial charge in [0, 0.05) is 4.47 Å². The van der Waals surface area contributed by atoms with Crippen LogP contribution in [0.25, 0.3) is 0 Å². The van der Waals surface area contributed by atoms with E-state index in [1.165, 1.54) is 0 Å². The lowest BCUT2D eigenvalue weighted by Crippen LogP contribution is -2.46. The number of carboxylic acid groups (broad SMARTS) is 1. The molecular formula is C14H16BrN3O3. The van der Waals surface area contributed by atoms with Gasteiger partial charge in [0.25, 0.3) is 0 Å². The Balaban J connectivity index is 2.82. The van der Waals surface area contributed by atoms with Gasteiger partial charge in [-0.2, -0.15) is 5.26 Å². The van der Waals surface area contributed by atoms with Crippen LogP contribution in [-0.2, 0) is 4.79 Å². The number of hydrogen-bond donors (Lipinski definition) is 3. The molecule has 0 spiro atoms. The predicted octanol–water partition coefficient (Wildman–Crippen LogP) is 2.94. The van der Waals surface area contributed by atoms with Gasteiger partial charge in [-0.15, -0.1) is 0 Å². The van der Waals surface area contributed by atoms with Crippen molar-refractivity contribution in [2.24, 2.45) is 5.92 Å². The number of hydrogen-bond acceptors (Lipinski definition) is 3. The van der Waals surface area contributed by atoms with E-state index in [1.54, 1.807) is 25.1 Å². The minimum absolute atomic E-state index is 0.200. The number of aliphatic carboxylic acids is 1. The largest absolute Gasteiger partial charge is 0.480 e. The highest BCUT2D eigenvalue weighted by Crippen LogP contribution is 2.20. The quantitative estimate of drug-likeness (QED) is 0.756. The molecular weight excluding hydrogens is 338 g/mol. The third kappa shape index (κ3) is 4.76. The number of carboxylic acids is 1. The van der Waals surface area contributed by atoms with Crippen LogP contribution in [0.5, 0.6) is 0 Å². The second-order valence-corrected chi connectivity index (χ2v) is 5.52. The van der Waals surface area contributed by atoms with Gasteiger partial charge in [0.05, 0.1) is 11.3 Å². The topological polar surface area (TPSA) is 102 Å². The molecule has 0 aromatic heterocycles. The molecule has 0 fully saturated rings. The summed E-state index contributed by atoms with van der Waals surface area (Å²) >= 11 is 3.23. The van der Waals surface area contributed by atoms with E-state index in [1.807, 2.05) is 13.0 Å². The van der Waals surface area contributed by atoms with E-state index in [-0.39, 0.29) is 11.5 Å². The fraction of sp³-hybridized carbons (Fsp3) is 0.357. The number of nitrogens with one attached hydrogen (secondary N) is 2. The number of rotatable bonds is 5. The van der Waals surface area contributed by atoms with E-state index >= 15 is 0 Å². The molecule has 2 atom stereocenters. The molecule has 0 aliphatic carbocycles. The Morgan fingerprint density at radius 3 is 2.67 bits per heavy atom. The summed E-state index contributed by atoms with van der Waals surface area (Å²) in [6.45, 7) is 3.60. The molecule has 0 aliphatic heterocycles. The number of anilines is 1. The van der Waals surface area contributed by atoms with Crippen molar-refractivity contribution in [2.75, 3.05) is 5.32 Å². The maximum absolute atomic E-state index is 11.9. The summed E-state index contributed by atoms with van der Waals surface area (Å²) in [5.74, 6) is -1.29. The van der Waals surface area contributed by atoms with Crippen molar-refractivity contribution in [3.63, 3.8) is 0 Å². The molecule has 7 heteroatoms. The van der Waals surface area contributed by atoms with Crippen LogP contribution in [0, 0.1) is 17.2 Å². The SMILES string of the molecule is CC[C@H](C)[C@H](NC(=O)Nc1ccc(Br)cc1C#N)C(=O)O. The number of nitriles is 1. The Morgan fingerprint density at radius 1 is 1.48 bits per heavy atom. The van der Waals surface area contributed by atoms with Gasteiger partial charge in [0.15, 0.2) is 0 Å². The first-order valence-electron chi connectivity index (χ1n) is 6.39. The second-order valence-electron chi connectivity index (χ2n) is 4.60. The van der Waals surface area contributed by atoms with Gasteiger partial charge < -0.3 is 15.7 Å². The normalized spacial score (nSPS) is 12.9. The smallest absolute Gasteiger partial charge is 0.326 e. The monoisotopic (exact) mass is 353 g/mol. The standard InChI is InChI=1S/C14H16BrN3O3/c1-3-8(2)12(13(19)20)18-14(21)17-11-5-4-10(15)6-9(11)7-16/h4-6,8,12H,3H2,1-2H3,(H,19,20)(H2,17,18,21)/t8-,12-/m0/s1. The second kappa shape index (κ2) is 7.64. The van der Waals surface area contributed by atoms with Crippen LogP contribution in [-0.4, -0.2) is 23.1 Å². The van der Waals surface area contributed by atoms with Crippen LogP contribution < -0.4 is 10.6 Å². The lowest BCUT2D eigenvalue weighted by atomic mass is 9.99. The van der Waals surface area contributed by atoms with Crippen molar-refractivity contribution in [3.05, 3.63) is 28.2 Å². The van der Waals surface area contributed by atoms with E-state index in [9.17, 15) is 9.59 Å². The highest BCUT2D eigenvalue weighted by atomic mass is 79.9. The molecule has 0 aliphatic rings. The van der Waals surface area contributed by atoms with Crippen LogP contribution in [0.3, 0.4) is 0 Å². The average Bonchev–Trinajstić information content (AvgIpc) is 2.45. The number of urea groups is 1. The van der Waals surface area contributed by atoms with E-state index < -0.39 is 18.0 Å². The number of carbonyl (C=O) groups excluding carboxylic acids is 1. The lowest BCUT2D eigenvalue weighted by Gasteiger charge is -2.20. The van der Waals surface area contributed by atoms with Crippen molar-refractivity contribution in [1.29, 1.82) is 5.26 Å². The van der Waals surface area contributed by atoms with Gasteiger partial charge in [-0.1, -0.05) is 36.2 Å². The first-order valence-corrected chi connectivity index (χ1v) is 7.18. The number of amides is 2. The maximum atomic E-state index is 11.9. The number of carbonyl (C=O) groups is 2. The molecule has 2 amide bonds. The van der Waals surface area contributed by atoms with Crippen LogP contribution in [0.2, 0.25) is 0 Å². The summed E-state index contributed by atoms with van der Waals surface area (Å²) in [5, 5.41) is 23.0. The molecule has 0 saturated heterocycles. The lowest BCUT2D eigenvalue weighted by molar-refractivity contribution is -0.140. The Kier molecular flexibility index (Phi) is 6.18. The molecule has 112 valence electrons. The number of nitrogens with zero attached hydrogens (tertiary/aromatic N) is 1. The predicted molar refractivity (Wildman–Crippen MR) is 81.9 cm³/mol. The zero-order valence-corrected chi connectivity index (χ0v) is 13.3. The summed E-state index contributed by atoms with van der Waals surface area (Å²) < 4.78 is 0.716. The Labute approximate surface area is 131 Å². The molecule has 3 N–H and O–H groups in total. The molecule has 0 bridgehead atoms. The van der Waals surface area contributed by atoms with Gasteiger partial charge in [0.1, 0.15) is 12.1 Å². The zero-order chi connectivity index (χ0) is 16.0. The third-order valence-corrected chi connectivity index (χ3v) is 3.61. The fourth-order valence-electron chi connectivity index (χ4n) is 1.70. The van der Waals surface area contributed by atoms with E-state index in [2.05, 4.69) is 26.6 Å². The molecule has 21 heavy (non-hydrogen) atoms. The Hall–Kier alpha value is -2.07. The number of halogens is 1. The highest BCUT2D eigenvalue weighted by Gasteiger charge is 2.25. The van der Waals surface area contributed by atoms with E-state index in [0.29, 0.717) is 16.6 Å². The molecule has 0 heterocycles. The van der Waals surface area contributed by atoms with Crippen molar-refractivity contribution >= 4 is 33.6 Å². The Bertz CT molecular complexity index is 583. The van der Waals surface area contributed by atoms with Gasteiger partial charge in [-0.05, 0) is 24.1 Å². The molecule has 0 unspecified atom stereocenters. The van der Waals surface area contributed by atoms with Crippen LogP contribution in [0.1, 0.15) is 25.8 Å². The van der Waals surface area contributed by atoms with Gasteiger partial charge in [-0.25, -0.2) is 9.59 Å². The van der Waals surface area contributed by atoms with Gasteiger partial charge >= 0.3 is 12.0 Å². The summed E-state index contributed by atoms with van der Waals surface area (Å²) in [6.07, 6.45) is 0.624. The maximum Gasteiger partial charge on any atom is 0.326 e. The van der Waals surface area contributed by atoms with E-state index in [4.69, 9.17) is 10.4 Å². The summed E-state index contributed by atoms with van der Waals surface area (Å²) in [7, 11) is 0. The van der Waals surface area contributed by atoms with Crippen LogP contribution in [0.4, 0.5) is 10.5 Å². The van der Waals surface area contributed by atoms with Gasteiger partial charge in [0.2, 0.25) is 0 Å². The number of benzene rings is 1.